The molecule has 2 atom stereocenters. The van der Waals surface area contributed by atoms with E-state index in [4.69, 9.17) is 4.74 Å². The predicted octanol–water partition coefficient (Wildman–Crippen LogP) is 4.81. The van der Waals surface area contributed by atoms with Crippen molar-refractivity contribution < 1.29 is 24.2 Å². The zero-order chi connectivity index (χ0) is 24.5. The van der Waals surface area contributed by atoms with Crippen LogP contribution in [-0.4, -0.2) is 36.2 Å². The van der Waals surface area contributed by atoms with Crippen molar-refractivity contribution in [2.45, 2.75) is 19.3 Å². The minimum absolute atomic E-state index is 0.00203. The number of carboxylic acid groups (broad SMARTS) is 1. The third kappa shape index (κ3) is 4.62. The first-order valence-electron chi connectivity index (χ1n) is 11.7. The summed E-state index contributed by atoms with van der Waals surface area (Å²) in [6.07, 6.45) is 0.162. The smallest absolute Gasteiger partial charge is 0.407 e. The van der Waals surface area contributed by atoms with Gasteiger partial charge in [-0.3, -0.25) is 4.79 Å². The molecule has 0 aliphatic heterocycles. The molecule has 5 rings (SSSR count). The van der Waals surface area contributed by atoms with Crippen molar-refractivity contribution >= 4 is 23.7 Å². The van der Waals surface area contributed by atoms with E-state index in [1.54, 1.807) is 19.1 Å². The number of aryl methyl sites for hydroxylation is 1. The minimum Gasteiger partial charge on any atom is -0.478 e. The Balaban J connectivity index is 1.11. The predicted molar refractivity (Wildman–Crippen MR) is 131 cm³/mol. The average Bonchev–Trinajstić information content (AvgIpc) is 3.57. The van der Waals surface area contributed by atoms with Crippen molar-refractivity contribution in [3.05, 3.63) is 89.0 Å². The van der Waals surface area contributed by atoms with E-state index in [-0.39, 0.29) is 35.8 Å². The van der Waals surface area contributed by atoms with Gasteiger partial charge in [-0.15, -0.1) is 0 Å². The topological polar surface area (TPSA) is 105 Å². The second-order valence-electron chi connectivity index (χ2n) is 9.13. The van der Waals surface area contributed by atoms with Crippen molar-refractivity contribution in [3.8, 4) is 11.1 Å². The third-order valence-electron chi connectivity index (χ3n) is 6.85. The molecule has 0 unspecified atom stereocenters. The number of aromatic carboxylic acids is 1. The zero-order valence-electron chi connectivity index (χ0n) is 19.3. The molecule has 7 nitrogen and oxygen atoms in total. The number of amides is 2. The van der Waals surface area contributed by atoms with Gasteiger partial charge in [-0.2, -0.15) is 0 Å². The molecule has 178 valence electrons. The fourth-order valence-electron chi connectivity index (χ4n) is 4.82. The van der Waals surface area contributed by atoms with Gasteiger partial charge >= 0.3 is 12.1 Å². The molecule has 0 bridgehead atoms. The number of carbonyl (C=O) groups excluding carboxylic acids is 2. The van der Waals surface area contributed by atoms with Gasteiger partial charge in [0.05, 0.1) is 5.56 Å². The van der Waals surface area contributed by atoms with Gasteiger partial charge in [-0.1, -0.05) is 54.6 Å². The highest BCUT2D eigenvalue weighted by molar-refractivity contribution is 5.97. The van der Waals surface area contributed by atoms with Crippen molar-refractivity contribution in [2.24, 2.45) is 11.8 Å². The Hall–Kier alpha value is -4.13. The number of anilines is 1. The maximum Gasteiger partial charge on any atom is 0.407 e. The first-order chi connectivity index (χ1) is 16.9. The quantitative estimate of drug-likeness (QED) is 0.460. The Kier molecular flexibility index (Phi) is 5.99. The number of carboxylic acids is 1. The minimum atomic E-state index is -1.03. The fraction of sp³-hybridized carbons (Fsp3) is 0.250. The first kappa shape index (κ1) is 22.7. The lowest BCUT2D eigenvalue weighted by molar-refractivity contribution is -0.117. The van der Waals surface area contributed by atoms with Gasteiger partial charge in [-0.05, 0) is 59.2 Å². The molecule has 2 aliphatic carbocycles. The lowest BCUT2D eigenvalue weighted by Crippen LogP contribution is -2.29. The molecule has 0 radical (unpaired) electrons. The van der Waals surface area contributed by atoms with E-state index in [1.165, 1.54) is 17.2 Å². The standard InChI is InChI=1S/C28H26N2O5/c1-16-10-11-18(13-23(16)27(32)33)30-26(31)24-12-17(24)14-29-28(34)35-15-25-21-8-4-2-6-19(21)20-7-3-5-9-22(20)25/h2-11,13,17,24-25H,12,14-15H2,1H3,(H,29,34)(H,30,31)(H,32,33)/t17-,24-/m0/s1. The summed E-state index contributed by atoms with van der Waals surface area (Å²) in [6.45, 7) is 2.30. The Morgan fingerprint density at radius 2 is 1.63 bits per heavy atom. The normalized spacial score (nSPS) is 17.7. The van der Waals surface area contributed by atoms with Crippen LogP contribution in [0.25, 0.3) is 11.1 Å². The maximum atomic E-state index is 12.5. The van der Waals surface area contributed by atoms with Crippen molar-refractivity contribution in [1.29, 1.82) is 0 Å². The Bertz CT molecular complexity index is 1270. The van der Waals surface area contributed by atoms with Gasteiger partial charge in [0.25, 0.3) is 0 Å². The van der Waals surface area contributed by atoms with E-state index in [9.17, 15) is 19.5 Å². The van der Waals surface area contributed by atoms with Crippen LogP contribution in [0, 0.1) is 18.8 Å². The zero-order valence-corrected chi connectivity index (χ0v) is 19.3. The molecular formula is C28H26N2O5. The largest absolute Gasteiger partial charge is 0.478 e. The first-order valence-corrected chi connectivity index (χ1v) is 11.7. The van der Waals surface area contributed by atoms with Crippen LogP contribution >= 0.6 is 0 Å². The van der Waals surface area contributed by atoms with Gasteiger partial charge in [0.2, 0.25) is 5.91 Å². The van der Waals surface area contributed by atoms with Crippen LogP contribution in [0.4, 0.5) is 10.5 Å². The second-order valence-corrected chi connectivity index (χ2v) is 9.13. The van der Waals surface area contributed by atoms with E-state index in [0.717, 1.165) is 11.1 Å². The van der Waals surface area contributed by atoms with Crippen LogP contribution < -0.4 is 10.6 Å². The van der Waals surface area contributed by atoms with Gasteiger partial charge < -0.3 is 20.5 Å². The van der Waals surface area contributed by atoms with Crippen LogP contribution in [0.2, 0.25) is 0 Å². The van der Waals surface area contributed by atoms with E-state index in [1.807, 2.05) is 24.3 Å². The number of fused-ring (bicyclic) bond motifs is 3. The molecule has 35 heavy (non-hydrogen) atoms. The highest BCUT2D eigenvalue weighted by Gasteiger charge is 2.43. The highest BCUT2D eigenvalue weighted by Crippen LogP contribution is 2.44. The summed E-state index contributed by atoms with van der Waals surface area (Å²) in [6, 6.07) is 21.1. The molecule has 0 saturated heterocycles. The molecule has 7 heteroatoms. The fourth-order valence-corrected chi connectivity index (χ4v) is 4.82. The summed E-state index contributed by atoms with van der Waals surface area (Å²) in [4.78, 5) is 36.2. The van der Waals surface area contributed by atoms with E-state index in [2.05, 4.69) is 34.9 Å². The van der Waals surface area contributed by atoms with Gasteiger partial charge in [0.1, 0.15) is 6.61 Å². The van der Waals surface area contributed by atoms with Crippen LogP contribution in [0.15, 0.2) is 66.7 Å². The number of benzene rings is 3. The number of alkyl carbamates (subject to hydrolysis) is 1. The number of rotatable bonds is 7. The Labute approximate surface area is 203 Å². The molecule has 0 spiro atoms. The lowest BCUT2D eigenvalue weighted by atomic mass is 9.98. The second kappa shape index (κ2) is 9.25. The van der Waals surface area contributed by atoms with Crippen molar-refractivity contribution in [3.63, 3.8) is 0 Å². The number of hydrogen-bond acceptors (Lipinski definition) is 4. The number of nitrogens with one attached hydrogen (secondary N) is 2. The number of carbonyl (C=O) groups is 3. The molecule has 0 heterocycles. The van der Waals surface area contributed by atoms with Crippen LogP contribution in [0.1, 0.15) is 39.4 Å². The molecule has 1 fully saturated rings. The molecule has 3 N–H and O–H groups in total. The summed E-state index contributed by atoms with van der Waals surface area (Å²) in [5, 5.41) is 14.8. The van der Waals surface area contributed by atoms with Crippen LogP contribution in [-0.2, 0) is 9.53 Å². The summed E-state index contributed by atoms with van der Waals surface area (Å²) in [5.41, 5.74) is 5.90. The number of ether oxygens (including phenoxy) is 1. The Morgan fingerprint density at radius 3 is 2.29 bits per heavy atom. The SMILES string of the molecule is Cc1ccc(NC(=O)[C@H]2C[C@H]2CNC(=O)OCC2c3ccccc3-c3ccccc32)cc1C(=O)O. The van der Waals surface area contributed by atoms with Gasteiger partial charge in [-0.25, -0.2) is 9.59 Å². The third-order valence-corrected chi connectivity index (χ3v) is 6.85. The van der Waals surface area contributed by atoms with Crippen molar-refractivity contribution in [1.82, 2.24) is 5.32 Å². The molecule has 0 aromatic heterocycles. The molecular weight excluding hydrogens is 444 g/mol. The molecule has 3 aromatic carbocycles. The molecule has 3 aromatic rings. The average molecular weight is 471 g/mol. The summed E-state index contributed by atoms with van der Waals surface area (Å²) >= 11 is 0. The summed E-state index contributed by atoms with van der Waals surface area (Å²) in [7, 11) is 0. The highest BCUT2D eigenvalue weighted by atomic mass is 16.5. The molecule has 1 saturated carbocycles. The Morgan fingerprint density at radius 1 is 0.971 bits per heavy atom. The van der Waals surface area contributed by atoms with E-state index < -0.39 is 12.1 Å². The maximum absolute atomic E-state index is 12.5. The molecule has 2 amide bonds. The van der Waals surface area contributed by atoms with E-state index >= 15 is 0 Å². The van der Waals surface area contributed by atoms with E-state index in [0.29, 0.717) is 24.2 Å². The van der Waals surface area contributed by atoms with Crippen molar-refractivity contribution in [2.75, 3.05) is 18.5 Å². The lowest BCUT2D eigenvalue weighted by Gasteiger charge is -2.14. The van der Waals surface area contributed by atoms with Crippen LogP contribution in [0.5, 0.6) is 0 Å². The monoisotopic (exact) mass is 470 g/mol. The van der Waals surface area contributed by atoms with Crippen LogP contribution in [0.3, 0.4) is 0 Å². The summed E-state index contributed by atoms with van der Waals surface area (Å²) < 4.78 is 5.55. The number of hydrogen-bond donors (Lipinski definition) is 3. The van der Waals surface area contributed by atoms with Gasteiger partial charge in [0, 0.05) is 24.1 Å². The molecule has 2 aliphatic rings. The van der Waals surface area contributed by atoms with Gasteiger partial charge in [0.15, 0.2) is 0 Å². The summed E-state index contributed by atoms with van der Waals surface area (Å²) in [5.74, 6) is -1.41.